The van der Waals surface area contributed by atoms with Crippen molar-refractivity contribution in [1.82, 2.24) is 5.43 Å². The quantitative estimate of drug-likeness (QED) is 0.681. The molecule has 3 nitrogen and oxygen atoms in total. The summed E-state index contributed by atoms with van der Waals surface area (Å²) in [5.41, 5.74) is 5.10. The first-order valence-corrected chi connectivity index (χ1v) is 8.77. The van der Waals surface area contributed by atoms with E-state index in [1.165, 1.54) is 24.8 Å². The van der Waals surface area contributed by atoms with Gasteiger partial charge in [0.15, 0.2) is 0 Å². The molecule has 24 heavy (non-hydrogen) atoms. The number of hydrogen-bond acceptors (Lipinski definition) is 2. The standard InChI is InChI=1S/C21H20N2O/c24-19(23-22-14-15-8-3-1-4-9-15)21-17-12-7-13-18(21)20(17,21)16-10-5-2-6-11-16/h1-6,8-11,14,17-18H,7,12-13H2,(H,23,24)/b22-14+/t17-,18-,20?,21?/m1/s1. The van der Waals surface area contributed by atoms with Crippen LogP contribution in [0, 0.1) is 17.3 Å². The number of carbonyl (C=O) groups is 1. The second-order valence-electron chi connectivity index (χ2n) is 7.25. The fraction of sp³-hybridized carbons (Fsp3) is 0.333. The number of fused-ring (bicyclic) bond motifs is 2. The van der Waals surface area contributed by atoms with E-state index in [1.54, 1.807) is 6.21 Å². The van der Waals surface area contributed by atoms with Gasteiger partial charge in [-0.2, -0.15) is 5.10 Å². The van der Waals surface area contributed by atoms with Gasteiger partial charge in [-0.1, -0.05) is 67.1 Å². The average molecular weight is 316 g/mol. The van der Waals surface area contributed by atoms with E-state index in [4.69, 9.17) is 0 Å². The Morgan fingerprint density at radius 3 is 2.29 bits per heavy atom. The molecule has 0 heterocycles. The lowest BCUT2D eigenvalue weighted by Gasteiger charge is -2.27. The maximum absolute atomic E-state index is 12.9. The van der Waals surface area contributed by atoms with Gasteiger partial charge >= 0.3 is 0 Å². The number of carbonyl (C=O) groups excluding carboxylic acids is 1. The average Bonchev–Trinajstić information content (AvgIpc) is 3.50. The summed E-state index contributed by atoms with van der Waals surface area (Å²) < 4.78 is 0. The molecule has 0 bridgehead atoms. The first kappa shape index (κ1) is 14.0. The molecule has 1 N–H and O–H groups in total. The molecule has 5 rings (SSSR count). The second-order valence-corrected chi connectivity index (χ2v) is 7.25. The molecule has 0 spiro atoms. The summed E-state index contributed by atoms with van der Waals surface area (Å²) in [6, 6.07) is 20.5. The first-order valence-electron chi connectivity index (χ1n) is 8.77. The van der Waals surface area contributed by atoms with Crippen molar-refractivity contribution in [2.24, 2.45) is 22.4 Å². The third kappa shape index (κ3) is 1.52. The van der Waals surface area contributed by atoms with Gasteiger partial charge in [0.1, 0.15) is 0 Å². The van der Waals surface area contributed by atoms with Crippen molar-refractivity contribution in [3.05, 3.63) is 71.8 Å². The highest BCUT2D eigenvalue weighted by atomic mass is 16.2. The second kappa shape index (κ2) is 4.79. The van der Waals surface area contributed by atoms with Gasteiger partial charge in [0.05, 0.1) is 11.6 Å². The van der Waals surface area contributed by atoms with Crippen LogP contribution in [-0.2, 0) is 10.2 Å². The van der Waals surface area contributed by atoms with Crippen molar-refractivity contribution in [2.45, 2.75) is 24.7 Å². The smallest absolute Gasteiger partial charge is 0.247 e. The maximum Gasteiger partial charge on any atom is 0.247 e. The lowest BCUT2D eigenvalue weighted by atomic mass is 9.77. The van der Waals surface area contributed by atoms with Gasteiger partial charge in [-0.15, -0.1) is 0 Å². The fourth-order valence-electron chi connectivity index (χ4n) is 5.69. The molecule has 3 aliphatic carbocycles. The molecule has 2 aromatic carbocycles. The van der Waals surface area contributed by atoms with Crippen molar-refractivity contribution in [3.63, 3.8) is 0 Å². The van der Waals surface area contributed by atoms with Gasteiger partial charge in [0.2, 0.25) is 5.91 Å². The number of benzene rings is 2. The first-order chi connectivity index (χ1) is 11.8. The molecule has 0 saturated heterocycles. The molecular weight excluding hydrogens is 296 g/mol. The fourth-order valence-corrected chi connectivity index (χ4v) is 5.69. The van der Waals surface area contributed by atoms with Crippen molar-refractivity contribution in [1.29, 1.82) is 0 Å². The minimum atomic E-state index is -0.180. The van der Waals surface area contributed by atoms with Crippen molar-refractivity contribution >= 4 is 12.1 Å². The molecule has 3 fully saturated rings. The molecule has 0 aromatic heterocycles. The predicted molar refractivity (Wildman–Crippen MR) is 93.6 cm³/mol. The van der Waals surface area contributed by atoms with Crippen LogP contribution >= 0.6 is 0 Å². The largest absolute Gasteiger partial charge is 0.272 e. The van der Waals surface area contributed by atoms with E-state index in [2.05, 4.69) is 34.8 Å². The Bertz CT molecular complexity index is 800. The molecular formula is C21H20N2O. The van der Waals surface area contributed by atoms with Gasteiger partial charge in [-0.25, -0.2) is 5.43 Å². The van der Waals surface area contributed by atoms with Crippen molar-refractivity contribution in [2.75, 3.05) is 0 Å². The number of rotatable bonds is 4. The predicted octanol–water partition coefficient (Wildman–Crippen LogP) is 3.50. The molecule has 3 aliphatic rings. The van der Waals surface area contributed by atoms with E-state index in [0.717, 1.165) is 5.56 Å². The molecule has 3 heteroatoms. The van der Waals surface area contributed by atoms with Crippen LogP contribution < -0.4 is 5.43 Å². The molecule has 0 unspecified atom stereocenters. The van der Waals surface area contributed by atoms with E-state index in [0.29, 0.717) is 11.8 Å². The van der Waals surface area contributed by atoms with Crippen molar-refractivity contribution < 1.29 is 4.79 Å². The van der Waals surface area contributed by atoms with E-state index in [-0.39, 0.29) is 16.7 Å². The normalized spacial score (nSPS) is 35.3. The van der Waals surface area contributed by atoms with E-state index in [1.807, 2.05) is 36.4 Å². The van der Waals surface area contributed by atoms with Gasteiger partial charge in [-0.3, -0.25) is 4.79 Å². The lowest BCUT2D eigenvalue weighted by Crippen LogP contribution is -2.31. The van der Waals surface area contributed by atoms with Crippen LogP contribution in [0.4, 0.5) is 0 Å². The lowest BCUT2D eigenvalue weighted by molar-refractivity contribution is -0.126. The molecule has 0 aliphatic heterocycles. The highest BCUT2D eigenvalue weighted by molar-refractivity contribution is 5.97. The molecule has 0 radical (unpaired) electrons. The highest BCUT2D eigenvalue weighted by Crippen LogP contribution is 2.97. The van der Waals surface area contributed by atoms with Crippen LogP contribution in [0.2, 0.25) is 0 Å². The Balaban J connectivity index is 1.38. The Hall–Kier alpha value is -2.42. The number of nitrogens with zero attached hydrogens (tertiary/aromatic N) is 1. The Labute approximate surface area is 141 Å². The summed E-state index contributed by atoms with van der Waals surface area (Å²) in [5.74, 6) is 1.14. The number of amides is 1. The van der Waals surface area contributed by atoms with E-state index in [9.17, 15) is 4.79 Å². The summed E-state index contributed by atoms with van der Waals surface area (Å²) in [5, 5.41) is 4.20. The van der Waals surface area contributed by atoms with Gasteiger partial charge in [0, 0.05) is 5.41 Å². The van der Waals surface area contributed by atoms with E-state index < -0.39 is 0 Å². The van der Waals surface area contributed by atoms with Gasteiger partial charge in [-0.05, 0) is 35.8 Å². The summed E-state index contributed by atoms with van der Waals surface area (Å²) in [6.07, 6.45) is 5.31. The minimum absolute atomic E-state index is 0.110. The van der Waals surface area contributed by atoms with Crippen LogP contribution in [0.1, 0.15) is 30.4 Å². The van der Waals surface area contributed by atoms with Gasteiger partial charge < -0.3 is 0 Å². The zero-order chi connectivity index (χ0) is 16.2. The summed E-state index contributed by atoms with van der Waals surface area (Å²) in [6.45, 7) is 0. The Morgan fingerprint density at radius 1 is 1.00 bits per heavy atom. The minimum Gasteiger partial charge on any atom is -0.272 e. The van der Waals surface area contributed by atoms with Crippen LogP contribution in [-0.4, -0.2) is 12.1 Å². The monoisotopic (exact) mass is 316 g/mol. The van der Waals surface area contributed by atoms with E-state index >= 15 is 0 Å². The molecule has 2 atom stereocenters. The molecule has 3 saturated carbocycles. The third-order valence-corrected chi connectivity index (χ3v) is 6.51. The number of hydrogen-bond donors (Lipinski definition) is 1. The third-order valence-electron chi connectivity index (χ3n) is 6.51. The molecule has 120 valence electrons. The summed E-state index contributed by atoms with van der Waals surface area (Å²) in [7, 11) is 0. The maximum atomic E-state index is 12.9. The van der Waals surface area contributed by atoms with Crippen LogP contribution in [0.5, 0.6) is 0 Å². The zero-order valence-electron chi connectivity index (χ0n) is 13.5. The van der Waals surface area contributed by atoms with Crippen LogP contribution in [0.25, 0.3) is 0 Å². The van der Waals surface area contributed by atoms with Crippen molar-refractivity contribution in [3.8, 4) is 0 Å². The Kier molecular flexibility index (Phi) is 2.79. The number of hydrazone groups is 1. The molecule has 1 amide bonds. The number of nitrogens with one attached hydrogen (secondary N) is 1. The summed E-state index contributed by atoms with van der Waals surface area (Å²) in [4.78, 5) is 12.9. The zero-order valence-corrected chi connectivity index (χ0v) is 13.5. The molecule has 2 aromatic rings. The van der Waals surface area contributed by atoms with Gasteiger partial charge in [0.25, 0.3) is 0 Å². The topological polar surface area (TPSA) is 41.5 Å². The Morgan fingerprint density at radius 2 is 1.62 bits per heavy atom. The SMILES string of the molecule is O=C(N/N=C/c1ccccc1)C12[C@@H]3CCC[C@@H]1C32c1ccccc1. The van der Waals surface area contributed by atoms with Crippen LogP contribution in [0.3, 0.4) is 0 Å². The van der Waals surface area contributed by atoms with Crippen LogP contribution in [0.15, 0.2) is 65.8 Å². The highest BCUT2D eigenvalue weighted by Gasteiger charge is 3.01. The summed E-state index contributed by atoms with van der Waals surface area (Å²) >= 11 is 0.